The number of quaternary nitrogens is 1. The number of benzene rings is 1. The Morgan fingerprint density at radius 3 is 2.72 bits per heavy atom. The molecule has 0 radical (unpaired) electrons. The van der Waals surface area contributed by atoms with E-state index in [1.54, 1.807) is 12.1 Å². The van der Waals surface area contributed by atoms with Gasteiger partial charge in [-0.3, -0.25) is 4.79 Å². The first kappa shape index (κ1) is 19.0. The maximum Gasteiger partial charge on any atom is 0.279 e. The van der Waals surface area contributed by atoms with Gasteiger partial charge in [0, 0.05) is 25.2 Å². The Balaban J connectivity index is 2.10. The highest BCUT2D eigenvalue weighted by Crippen LogP contribution is 2.32. The lowest BCUT2D eigenvalue weighted by molar-refractivity contribution is -0.923. The molecule has 0 aliphatic carbocycles. The Morgan fingerprint density at radius 2 is 2.08 bits per heavy atom. The molecule has 7 nitrogen and oxygen atoms in total. The molecule has 7 heteroatoms. The number of nitrogens with one attached hydrogen (secondary N) is 2. The van der Waals surface area contributed by atoms with Gasteiger partial charge in [0.15, 0.2) is 18.0 Å². The Kier molecular flexibility index (Phi) is 7.04. The second-order valence-corrected chi connectivity index (χ2v) is 6.20. The molecule has 2 atom stereocenters. The maximum atomic E-state index is 12.5. The minimum Gasteiger partial charge on any atom is -0.493 e. The highest BCUT2D eigenvalue weighted by Gasteiger charge is 2.27. The summed E-state index contributed by atoms with van der Waals surface area (Å²) in [6.45, 7) is 1.39. The number of anilines is 1. The van der Waals surface area contributed by atoms with Crippen LogP contribution >= 0.6 is 0 Å². The lowest BCUT2D eigenvalue weighted by Crippen LogP contribution is -3.17. The van der Waals surface area contributed by atoms with Crippen molar-refractivity contribution in [3.63, 3.8) is 0 Å². The molecule has 136 valence electrons. The van der Waals surface area contributed by atoms with E-state index < -0.39 is 0 Å². The van der Waals surface area contributed by atoms with Crippen LogP contribution in [0.3, 0.4) is 0 Å². The summed E-state index contributed by atoms with van der Waals surface area (Å²) >= 11 is 0. The van der Waals surface area contributed by atoms with Crippen LogP contribution in [0.25, 0.3) is 0 Å². The molecule has 0 saturated carbocycles. The number of piperidine rings is 1. The van der Waals surface area contributed by atoms with Crippen molar-refractivity contribution in [2.75, 3.05) is 39.2 Å². The number of aliphatic hydroxyl groups excluding tert-OH is 1. The van der Waals surface area contributed by atoms with Crippen molar-refractivity contribution in [3.05, 3.63) is 17.7 Å². The third kappa shape index (κ3) is 4.84. The predicted octanol–water partition coefficient (Wildman–Crippen LogP) is 0.334. The van der Waals surface area contributed by atoms with Gasteiger partial charge in [-0.25, -0.2) is 0 Å². The van der Waals surface area contributed by atoms with Gasteiger partial charge in [-0.2, -0.15) is 5.26 Å². The van der Waals surface area contributed by atoms with Crippen molar-refractivity contribution < 1.29 is 24.3 Å². The van der Waals surface area contributed by atoms with E-state index in [-0.39, 0.29) is 12.5 Å². The van der Waals surface area contributed by atoms with Gasteiger partial charge in [-0.05, 0) is 19.3 Å². The number of aliphatic hydroxyl groups is 1. The van der Waals surface area contributed by atoms with Gasteiger partial charge >= 0.3 is 0 Å². The summed E-state index contributed by atoms with van der Waals surface area (Å²) in [4.78, 5) is 13.7. The van der Waals surface area contributed by atoms with Crippen molar-refractivity contribution >= 4 is 11.6 Å². The monoisotopic (exact) mass is 348 g/mol. The first-order valence-electron chi connectivity index (χ1n) is 8.54. The van der Waals surface area contributed by atoms with Crippen LogP contribution in [0.2, 0.25) is 0 Å². The topological polar surface area (TPSA) is 96.0 Å². The van der Waals surface area contributed by atoms with Crippen LogP contribution in [0.4, 0.5) is 5.69 Å². The van der Waals surface area contributed by atoms with E-state index in [2.05, 4.69) is 11.4 Å². The third-order valence-electron chi connectivity index (χ3n) is 4.66. The van der Waals surface area contributed by atoms with E-state index in [4.69, 9.17) is 9.47 Å². The molecule has 3 N–H and O–H groups in total. The lowest BCUT2D eigenvalue weighted by atomic mass is 9.99. The minimum atomic E-state index is -0.149. The van der Waals surface area contributed by atoms with E-state index in [0.29, 0.717) is 41.8 Å². The summed E-state index contributed by atoms with van der Waals surface area (Å²) in [7, 11) is 3.01. The molecular weight excluding hydrogens is 322 g/mol. The van der Waals surface area contributed by atoms with Gasteiger partial charge in [0.1, 0.15) is 6.07 Å². The summed E-state index contributed by atoms with van der Waals surface area (Å²) in [6, 6.07) is 5.54. The molecule has 1 saturated heterocycles. The smallest absolute Gasteiger partial charge is 0.279 e. The highest BCUT2D eigenvalue weighted by atomic mass is 16.5. The highest BCUT2D eigenvalue weighted by molar-refractivity contribution is 5.93. The second kappa shape index (κ2) is 9.25. The molecule has 2 rings (SSSR count). The van der Waals surface area contributed by atoms with Gasteiger partial charge < -0.3 is 24.8 Å². The Morgan fingerprint density at radius 1 is 1.36 bits per heavy atom. The fourth-order valence-electron chi connectivity index (χ4n) is 3.36. The normalized spacial score (nSPS) is 19.8. The fourth-order valence-corrected chi connectivity index (χ4v) is 3.36. The zero-order chi connectivity index (χ0) is 18.2. The number of carbonyl (C=O) groups is 1. The lowest BCUT2D eigenvalue weighted by Gasteiger charge is -2.31. The van der Waals surface area contributed by atoms with E-state index >= 15 is 0 Å². The van der Waals surface area contributed by atoms with E-state index in [1.165, 1.54) is 19.1 Å². The van der Waals surface area contributed by atoms with Crippen LogP contribution < -0.4 is 19.7 Å². The number of rotatable bonds is 7. The molecule has 0 spiro atoms. The molecule has 1 aromatic carbocycles. The molecule has 0 aromatic heterocycles. The van der Waals surface area contributed by atoms with Crippen LogP contribution in [0.5, 0.6) is 11.5 Å². The second-order valence-electron chi connectivity index (χ2n) is 6.20. The summed E-state index contributed by atoms with van der Waals surface area (Å²) in [6.07, 6.45) is 3.97. The number of carbonyl (C=O) groups excluding carboxylic acids is 1. The Labute approximate surface area is 148 Å². The molecule has 25 heavy (non-hydrogen) atoms. The number of hydrogen-bond acceptors (Lipinski definition) is 5. The van der Waals surface area contributed by atoms with Crippen molar-refractivity contribution in [1.82, 2.24) is 0 Å². The zero-order valence-electron chi connectivity index (χ0n) is 14.8. The molecule has 0 bridgehead atoms. The van der Waals surface area contributed by atoms with Gasteiger partial charge in [0.2, 0.25) is 0 Å². The third-order valence-corrected chi connectivity index (χ3v) is 4.66. The number of nitriles is 1. The molecule has 1 unspecified atom stereocenters. The Bertz CT molecular complexity index is 640. The maximum absolute atomic E-state index is 12.5. The van der Waals surface area contributed by atoms with Crippen LogP contribution in [0, 0.1) is 11.3 Å². The molecule has 1 aliphatic heterocycles. The molecule has 1 heterocycles. The average Bonchev–Trinajstić information content (AvgIpc) is 2.63. The standard InChI is InChI=1S/C18H25N3O4/c1-24-16-9-13(11-19)15(10-17(16)25-2)20-18(23)12-21-7-4-3-5-14(21)6-8-22/h9-10,14,22H,3-8,12H2,1-2H3,(H,20,23)/p+1/t14-/m0/s1. The van der Waals surface area contributed by atoms with E-state index in [9.17, 15) is 15.2 Å². The molecule has 1 aromatic rings. The van der Waals surface area contributed by atoms with Crippen molar-refractivity contribution in [1.29, 1.82) is 5.26 Å². The van der Waals surface area contributed by atoms with E-state index in [0.717, 1.165) is 25.8 Å². The SMILES string of the molecule is COc1cc(C#N)c(NC(=O)C[NH+]2CCCC[C@H]2CCO)cc1OC. The largest absolute Gasteiger partial charge is 0.493 e. The average molecular weight is 348 g/mol. The fraction of sp³-hybridized carbons (Fsp3) is 0.556. The Hall–Kier alpha value is -2.30. The summed E-state index contributed by atoms with van der Waals surface area (Å²) < 4.78 is 10.4. The van der Waals surface area contributed by atoms with Crippen LogP contribution in [0.15, 0.2) is 12.1 Å². The molecule has 1 fully saturated rings. The zero-order valence-corrected chi connectivity index (χ0v) is 14.8. The van der Waals surface area contributed by atoms with Crippen molar-refractivity contribution in [2.24, 2.45) is 0 Å². The summed E-state index contributed by atoms with van der Waals surface area (Å²) in [5.41, 5.74) is 0.742. The van der Waals surface area contributed by atoms with Gasteiger partial charge in [0.25, 0.3) is 5.91 Å². The summed E-state index contributed by atoms with van der Waals surface area (Å²) in [5, 5.41) is 21.3. The van der Waals surface area contributed by atoms with Crippen molar-refractivity contribution in [3.8, 4) is 17.6 Å². The quantitative estimate of drug-likeness (QED) is 0.660. The van der Waals surface area contributed by atoms with Crippen LogP contribution in [-0.4, -0.2) is 51.0 Å². The molecule has 1 amide bonds. The minimum absolute atomic E-state index is 0.143. The predicted molar refractivity (Wildman–Crippen MR) is 92.9 cm³/mol. The van der Waals surface area contributed by atoms with Crippen LogP contribution in [-0.2, 0) is 4.79 Å². The number of ether oxygens (including phenoxy) is 2. The van der Waals surface area contributed by atoms with Gasteiger partial charge in [-0.1, -0.05) is 0 Å². The van der Waals surface area contributed by atoms with Gasteiger partial charge in [-0.15, -0.1) is 0 Å². The number of amides is 1. The number of methoxy groups -OCH3 is 2. The number of nitrogens with zero attached hydrogens (tertiary/aromatic N) is 1. The first-order chi connectivity index (χ1) is 12.1. The van der Waals surface area contributed by atoms with Crippen LogP contribution in [0.1, 0.15) is 31.2 Å². The number of likely N-dealkylation sites (tertiary alicyclic amines) is 1. The van der Waals surface area contributed by atoms with E-state index in [1.807, 2.05) is 0 Å². The summed E-state index contributed by atoms with van der Waals surface area (Å²) in [5.74, 6) is 0.755. The molecular formula is C18H26N3O4+. The van der Waals surface area contributed by atoms with Crippen molar-refractivity contribution in [2.45, 2.75) is 31.7 Å². The number of hydrogen-bond donors (Lipinski definition) is 3. The molecule has 1 aliphatic rings. The van der Waals surface area contributed by atoms with Gasteiger partial charge in [0.05, 0.1) is 38.1 Å². The first-order valence-corrected chi connectivity index (χ1v) is 8.54.